The Bertz CT molecular complexity index is 210. The van der Waals surface area contributed by atoms with Crippen molar-refractivity contribution in [2.75, 3.05) is 0 Å². The third-order valence-electron chi connectivity index (χ3n) is 1.45. The summed E-state index contributed by atoms with van der Waals surface area (Å²) in [6.07, 6.45) is 4.72. The normalized spacial score (nSPS) is 9.07. The molecule has 0 aliphatic carbocycles. The summed E-state index contributed by atoms with van der Waals surface area (Å²) in [5.74, 6) is 0.390. The molecule has 0 aliphatic rings. The molecule has 1 heterocycles. The van der Waals surface area contributed by atoms with Gasteiger partial charge in [-0.25, -0.2) is 0 Å². The molecule has 0 atom stereocenters. The maximum absolute atomic E-state index is 10.1. The van der Waals surface area contributed by atoms with E-state index in [0.29, 0.717) is 12.3 Å². The molecule has 2 N–H and O–H groups in total. The number of nitrogens with zero attached hydrogens (tertiary/aromatic N) is 2. The van der Waals surface area contributed by atoms with Crippen LogP contribution in [0.4, 0.5) is 0 Å². The first-order valence-corrected chi connectivity index (χ1v) is 4.63. The molecular weight excluding hydrogens is 178 g/mol. The molecule has 0 aliphatic heterocycles. The van der Waals surface area contributed by atoms with Crippen LogP contribution in [0, 0.1) is 5.92 Å². The molecule has 78 valence electrons. The van der Waals surface area contributed by atoms with E-state index in [4.69, 9.17) is 5.73 Å². The van der Waals surface area contributed by atoms with Gasteiger partial charge in [-0.1, -0.05) is 13.8 Å². The molecule has 0 unspecified atom stereocenters. The van der Waals surface area contributed by atoms with Crippen molar-refractivity contribution in [3.05, 3.63) is 24.5 Å². The highest BCUT2D eigenvalue weighted by atomic mass is 16.1. The SMILES string of the molecule is CC(C)CCC(N)=O.c1ccnnc1. The lowest BCUT2D eigenvalue weighted by atomic mass is 10.1. The predicted octanol–water partition coefficient (Wildman–Crippen LogP) is 1.38. The summed E-state index contributed by atoms with van der Waals surface area (Å²) in [5, 5.41) is 7.07. The Labute approximate surface area is 84.5 Å². The number of rotatable bonds is 3. The maximum atomic E-state index is 10.1. The Morgan fingerprint density at radius 1 is 1.29 bits per heavy atom. The molecule has 0 saturated heterocycles. The lowest BCUT2D eigenvalue weighted by molar-refractivity contribution is -0.118. The molecule has 0 bridgehead atoms. The highest BCUT2D eigenvalue weighted by molar-refractivity contribution is 5.73. The number of nitrogens with two attached hydrogens (primary N) is 1. The summed E-state index contributed by atoms with van der Waals surface area (Å²) in [6, 6.07) is 3.65. The quantitative estimate of drug-likeness (QED) is 0.792. The van der Waals surface area contributed by atoms with E-state index in [2.05, 4.69) is 24.0 Å². The Morgan fingerprint density at radius 3 is 1.93 bits per heavy atom. The van der Waals surface area contributed by atoms with Crippen LogP contribution >= 0.6 is 0 Å². The smallest absolute Gasteiger partial charge is 0.217 e. The van der Waals surface area contributed by atoms with Gasteiger partial charge in [0.1, 0.15) is 0 Å². The molecule has 0 fully saturated rings. The topological polar surface area (TPSA) is 68.9 Å². The van der Waals surface area contributed by atoms with Crippen molar-refractivity contribution in [1.82, 2.24) is 10.2 Å². The van der Waals surface area contributed by atoms with Crippen LogP contribution in [0.3, 0.4) is 0 Å². The molecule has 1 amide bonds. The summed E-state index contributed by atoms with van der Waals surface area (Å²) >= 11 is 0. The van der Waals surface area contributed by atoms with Crippen molar-refractivity contribution in [3.63, 3.8) is 0 Å². The minimum Gasteiger partial charge on any atom is -0.370 e. The second-order valence-corrected chi connectivity index (χ2v) is 3.31. The minimum absolute atomic E-state index is 0.196. The fourth-order valence-electron chi connectivity index (χ4n) is 0.684. The van der Waals surface area contributed by atoms with E-state index in [0.717, 1.165) is 6.42 Å². The van der Waals surface area contributed by atoms with Crippen LogP contribution in [-0.4, -0.2) is 16.1 Å². The summed E-state index contributed by atoms with van der Waals surface area (Å²) in [5.41, 5.74) is 4.90. The summed E-state index contributed by atoms with van der Waals surface area (Å²) in [4.78, 5) is 10.1. The van der Waals surface area contributed by atoms with Crippen molar-refractivity contribution in [1.29, 1.82) is 0 Å². The highest BCUT2D eigenvalue weighted by Crippen LogP contribution is 2.01. The van der Waals surface area contributed by atoms with Gasteiger partial charge in [-0.2, -0.15) is 10.2 Å². The van der Waals surface area contributed by atoms with E-state index in [9.17, 15) is 4.79 Å². The summed E-state index contributed by atoms with van der Waals surface area (Å²) in [6.45, 7) is 4.14. The number of amides is 1. The van der Waals surface area contributed by atoms with Gasteiger partial charge in [0.15, 0.2) is 0 Å². The zero-order valence-electron chi connectivity index (χ0n) is 8.68. The van der Waals surface area contributed by atoms with E-state index in [1.165, 1.54) is 0 Å². The molecule has 0 saturated carbocycles. The standard InChI is InChI=1S/C6H13NO.C4H4N2/c1-5(2)3-4-6(7)8;1-2-4-6-5-3-1/h5H,3-4H2,1-2H3,(H2,7,8);1-4H. The molecule has 1 aromatic rings. The van der Waals surface area contributed by atoms with E-state index < -0.39 is 0 Å². The molecule has 0 aromatic carbocycles. The first-order valence-electron chi connectivity index (χ1n) is 4.63. The Balaban J connectivity index is 0.000000249. The van der Waals surface area contributed by atoms with Gasteiger partial charge in [-0.05, 0) is 24.5 Å². The van der Waals surface area contributed by atoms with Crippen LogP contribution in [0.25, 0.3) is 0 Å². The third kappa shape index (κ3) is 10.6. The van der Waals surface area contributed by atoms with Crippen LogP contribution in [0.1, 0.15) is 26.7 Å². The van der Waals surface area contributed by atoms with Gasteiger partial charge in [0, 0.05) is 18.8 Å². The van der Waals surface area contributed by atoms with E-state index in [1.807, 2.05) is 12.1 Å². The predicted molar refractivity (Wildman–Crippen MR) is 55.3 cm³/mol. The van der Waals surface area contributed by atoms with Crippen LogP contribution in [0.2, 0.25) is 0 Å². The Morgan fingerprint density at radius 2 is 1.79 bits per heavy atom. The molecule has 0 radical (unpaired) electrons. The zero-order chi connectivity index (χ0) is 10.8. The van der Waals surface area contributed by atoms with Crippen LogP contribution < -0.4 is 5.73 Å². The van der Waals surface area contributed by atoms with Gasteiger partial charge in [-0.3, -0.25) is 4.79 Å². The number of hydrogen-bond donors (Lipinski definition) is 1. The molecule has 4 heteroatoms. The lowest BCUT2D eigenvalue weighted by Gasteiger charge is -1.98. The fraction of sp³-hybridized carbons (Fsp3) is 0.500. The van der Waals surface area contributed by atoms with Gasteiger partial charge in [0.25, 0.3) is 0 Å². The van der Waals surface area contributed by atoms with Crippen molar-refractivity contribution in [2.24, 2.45) is 11.7 Å². The second kappa shape index (κ2) is 8.16. The average Bonchev–Trinajstić information content (AvgIpc) is 2.18. The van der Waals surface area contributed by atoms with Crippen molar-refractivity contribution < 1.29 is 4.79 Å². The molecule has 14 heavy (non-hydrogen) atoms. The van der Waals surface area contributed by atoms with Gasteiger partial charge >= 0.3 is 0 Å². The van der Waals surface area contributed by atoms with Crippen LogP contribution in [0.5, 0.6) is 0 Å². The fourth-order valence-corrected chi connectivity index (χ4v) is 0.684. The highest BCUT2D eigenvalue weighted by Gasteiger charge is 1.96. The van der Waals surface area contributed by atoms with Gasteiger partial charge in [-0.15, -0.1) is 0 Å². The van der Waals surface area contributed by atoms with Crippen molar-refractivity contribution >= 4 is 5.91 Å². The summed E-state index contributed by atoms with van der Waals surface area (Å²) in [7, 11) is 0. The number of primary amides is 1. The Hall–Kier alpha value is -1.45. The largest absolute Gasteiger partial charge is 0.370 e. The molecule has 4 nitrogen and oxygen atoms in total. The first kappa shape index (κ1) is 12.6. The molecule has 1 rings (SSSR count). The number of carbonyl (C=O) groups is 1. The molecule has 1 aromatic heterocycles. The van der Waals surface area contributed by atoms with Gasteiger partial charge < -0.3 is 5.73 Å². The van der Waals surface area contributed by atoms with Gasteiger partial charge in [0.05, 0.1) is 0 Å². The van der Waals surface area contributed by atoms with Crippen molar-refractivity contribution in [2.45, 2.75) is 26.7 Å². The number of carbonyl (C=O) groups excluding carboxylic acids is 1. The Kier molecular flexibility index (Phi) is 7.32. The molecular formula is C10H17N3O. The van der Waals surface area contributed by atoms with Crippen LogP contribution in [0.15, 0.2) is 24.5 Å². The van der Waals surface area contributed by atoms with E-state index in [1.54, 1.807) is 12.4 Å². The van der Waals surface area contributed by atoms with E-state index in [-0.39, 0.29) is 5.91 Å². The van der Waals surface area contributed by atoms with Gasteiger partial charge in [0.2, 0.25) is 5.91 Å². The molecule has 0 spiro atoms. The second-order valence-electron chi connectivity index (χ2n) is 3.31. The third-order valence-corrected chi connectivity index (χ3v) is 1.45. The lowest BCUT2D eigenvalue weighted by Crippen LogP contribution is -2.10. The minimum atomic E-state index is -0.196. The van der Waals surface area contributed by atoms with Crippen molar-refractivity contribution in [3.8, 4) is 0 Å². The summed E-state index contributed by atoms with van der Waals surface area (Å²) < 4.78 is 0. The zero-order valence-corrected chi connectivity index (χ0v) is 8.68. The monoisotopic (exact) mass is 195 g/mol. The van der Waals surface area contributed by atoms with E-state index >= 15 is 0 Å². The number of hydrogen-bond acceptors (Lipinski definition) is 3. The first-order chi connectivity index (χ1) is 6.63. The van der Waals surface area contributed by atoms with Crippen LogP contribution in [-0.2, 0) is 4.79 Å². The number of aromatic nitrogens is 2. The maximum Gasteiger partial charge on any atom is 0.217 e. The average molecular weight is 195 g/mol.